The molecule has 0 bridgehead atoms. The summed E-state index contributed by atoms with van der Waals surface area (Å²) in [6.45, 7) is 4.71. The predicted octanol–water partition coefficient (Wildman–Crippen LogP) is 3.02. The van der Waals surface area contributed by atoms with Gasteiger partial charge in [-0.05, 0) is 37.2 Å². The lowest BCUT2D eigenvalue weighted by molar-refractivity contribution is 0.100. The Labute approximate surface area is 121 Å². The standard InChI is InChI=1S/C17H23NO2/c1-13-6-7-16(9-14(13)2)20-17-10-15(11-18-12-17)5-3-4-8-19/h10-14,16,19H,4,6-9H2,1-2H3. The number of nitrogens with zero attached hydrogens (tertiary/aromatic N) is 1. The molecule has 2 rings (SSSR count). The molecule has 1 heterocycles. The Morgan fingerprint density at radius 2 is 2.15 bits per heavy atom. The van der Waals surface area contributed by atoms with Gasteiger partial charge >= 0.3 is 0 Å². The van der Waals surface area contributed by atoms with Crippen LogP contribution in [-0.2, 0) is 0 Å². The molecule has 1 N–H and O–H groups in total. The van der Waals surface area contributed by atoms with Gasteiger partial charge in [-0.1, -0.05) is 25.7 Å². The van der Waals surface area contributed by atoms with Crippen LogP contribution < -0.4 is 4.74 Å². The van der Waals surface area contributed by atoms with Crippen molar-refractivity contribution >= 4 is 0 Å². The lowest BCUT2D eigenvalue weighted by Crippen LogP contribution is -2.28. The molecule has 3 nitrogen and oxygen atoms in total. The summed E-state index contributed by atoms with van der Waals surface area (Å²) in [5, 5.41) is 8.72. The molecule has 0 saturated heterocycles. The summed E-state index contributed by atoms with van der Waals surface area (Å²) < 4.78 is 6.04. The molecule has 1 aliphatic carbocycles. The van der Waals surface area contributed by atoms with Crippen LogP contribution in [0.5, 0.6) is 5.75 Å². The number of aromatic nitrogens is 1. The number of pyridine rings is 1. The molecule has 1 aromatic rings. The van der Waals surface area contributed by atoms with Gasteiger partial charge in [0.05, 0.1) is 18.9 Å². The lowest BCUT2D eigenvalue weighted by atomic mass is 9.80. The Balaban J connectivity index is 1.96. The van der Waals surface area contributed by atoms with E-state index in [-0.39, 0.29) is 6.61 Å². The fourth-order valence-corrected chi connectivity index (χ4v) is 2.57. The molecular weight excluding hydrogens is 250 g/mol. The maximum Gasteiger partial charge on any atom is 0.139 e. The fourth-order valence-electron chi connectivity index (χ4n) is 2.57. The maximum atomic E-state index is 8.72. The first-order chi connectivity index (χ1) is 9.69. The maximum absolute atomic E-state index is 8.72. The van der Waals surface area contributed by atoms with Crippen LogP contribution in [0, 0.1) is 23.7 Å². The fraction of sp³-hybridized carbons (Fsp3) is 0.588. The average Bonchev–Trinajstić information content (AvgIpc) is 2.44. The molecule has 0 aliphatic heterocycles. The van der Waals surface area contributed by atoms with Gasteiger partial charge in [-0.2, -0.15) is 0 Å². The van der Waals surface area contributed by atoms with Crippen LogP contribution in [0.1, 0.15) is 45.1 Å². The van der Waals surface area contributed by atoms with E-state index in [0.29, 0.717) is 18.4 Å². The molecule has 0 spiro atoms. The smallest absolute Gasteiger partial charge is 0.139 e. The number of aliphatic hydroxyl groups excluding tert-OH is 1. The minimum absolute atomic E-state index is 0.0920. The third-order valence-corrected chi connectivity index (χ3v) is 4.04. The van der Waals surface area contributed by atoms with Crippen LogP contribution >= 0.6 is 0 Å². The first-order valence-electron chi connectivity index (χ1n) is 7.40. The highest BCUT2D eigenvalue weighted by Crippen LogP contribution is 2.31. The van der Waals surface area contributed by atoms with Gasteiger partial charge in [0.1, 0.15) is 5.75 Å². The first kappa shape index (κ1) is 14.9. The zero-order valence-corrected chi connectivity index (χ0v) is 12.3. The molecule has 1 aromatic heterocycles. The molecule has 3 atom stereocenters. The molecule has 0 amide bonds. The van der Waals surface area contributed by atoms with Gasteiger partial charge in [0.25, 0.3) is 0 Å². The molecule has 108 valence electrons. The molecule has 0 radical (unpaired) electrons. The number of hydrogen-bond acceptors (Lipinski definition) is 3. The average molecular weight is 273 g/mol. The zero-order chi connectivity index (χ0) is 14.4. The van der Waals surface area contributed by atoms with Crippen LogP contribution in [0.4, 0.5) is 0 Å². The number of ether oxygens (including phenoxy) is 1. The summed E-state index contributed by atoms with van der Waals surface area (Å²) in [6.07, 6.45) is 7.72. The third kappa shape index (κ3) is 4.25. The van der Waals surface area contributed by atoms with Crippen LogP contribution in [-0.4, -0.2) is 22.8 Å². The molecule has 3 unspecified atom stereocenters. The molecule has 3 heteroatoms. The van der Waals surface area contributed by atoms with Gasteiger partial charge < -0.3 is 9.84 Å². The Bertz CT molecular complexity index is 489. The predicted molar refractivity (Wildman–Crippen MR) is 79.4 cm³/mol. The Morgan fingerprint density at radius 1 is 1.30 bits per heavy atom. The van der Waals surface area contributed by atoms with Crippen molar-refractivity contribution in [3.05, 3.63) is 24.0 Å². The van der Waals surface area contributed by atoms with Crippen LogP contribution in [0.25, 0.3) is 0 Å². The molecule has 1 saturated carbocycles. The summed E-state index contributed by atoms with van der Waals surface area (Å²) in [4.78, 5) is 4.17. The summed E-state index contributed by atoms with van der Waals surface area (Å²) in [7, 11) is 0. The van der Waals surface area contributed by atoms with E-state index in [2.05, 4.69) is 30.7 Å². The largest absolute Gasteiger partial charge is 0.489 e. The van der Waals surface area contributed by atoms with Crippen molar-refractivity contribution in [3.63, 3.8) is 0 Å². The summed E-state index contributed by atoms with van der Waals surface area (Å²) in [6, 6.07) is 1.93. The van der Waals surface area contributed by atoms with E-state index >= 15 is 0 Å². The van der Waals surface area contributed by atoms with E-state index in [1.807, 2.05) is 6.07 Å². The van der Waals surface area contributed by atoms with E-state index in [9.17, 15) is 0 Å². The van der Waals surface area contributed by atoms with Crippen molar-refractivity contribution in [2.24, 2.45) is 11.8 Å². The second-order valence-electron chi connectivity index (χ2n) is 5.69. The zero-order valence-electron chi connectivity index (χ0n) is 12.3. The minimum atomic E-state index is 0.0920. The molecule has 0 aromatic carbocycles. The highest BCUT2D eigenvalue weighted by molar-refractivity contribution is 5.36. The lowest BCUT2D eigenvalue weighted by Gasteiger charge is -2.32. The van der Waals surface area contributed by atoms with Crippen LogP contribution in [0.15, 0.2) is 18.5 Å². The van der Waals surface area contributed by atoms with E-state index in [1.54, 1.807) is 12.4 Å². The molecule has 1 aliphatic rings. The monoisotopic (exact) mass is 273 g/mol. The normalized spacial score (nSPS) is 25.6. The second kappa shape index (κ2) is 7.31. The number of hydrogen-bond donors (Lipinski definition) is 1. The third-order valence-electron chi connectivity index (χ3n) is 4.04. The summed E-state index contributed by atoms with van der Waals surface area (Å²) in [5.74, 6) is 8.20. The molecular formula is C17H23NO2. The van der Waals surface area contributed by atoms with Crippen molar-refractivity contribution in [3.8, 4) is 17.6 Å². The Hall–Kier alpha value is -1.53. The van der Waals surface area contributed by atoms with Crippen LogP contribution in [0.2, 0.25) is 0 Å². The van der Waals surface area contributed by atoms with Gasteiger partial charge in [0, 0.05) is 18.2 Å². The summed E-state index contributed by atoms with van der Waals surface area (Å²) in [5.41, 5.74) is 0.841. The molecule has 1 fully saturated rings. The van der Waals surface area contributed by atoms with E-state index < -0.39 is 0 Å². The quantitative estimate of drug-likeness (QED) is 0.861. The van der Waals surface area contributed by atoms with Crippen molar-refractivity contribution < 1.29 is 9.84 Å². The Morgan fingerprint density at radius 3 is 2.90 bits per heavy atom. The van der Waals surface area contributed by atoms with Crippen LogP contribution in [0.3, 0.4) is 0 Å². The van der Waals surface area contributed by atoms with Gasteiger partial charge in [0.15, 0.2) is 0 Å². The second-order valence-corrected chi connectivity index (χ2v) is 5.69. The first-order valence-corrected chi connectivity index (χ1v) is 7.40. The van der Waals surface area contributed by atoms with E-state index in [4.69, 9.17) is 9.84 Å². The van der Waals surface area contributed by atoms with Crippen molar-refractivity contribution in [1.82, 2.24) is 4.98 Å². The van der Waals surface area contributed by atoms with Gasteiger partial charge in [-0.3, -0.25) is 4.98 Å². The molecule has 20 heavy (non-hydrogen) atoms. The highest BCUT2D eigenvalue weighted by atomic mass is 16.5. The topological polar surface area (TPSA) is 42.4 Å². The van der Waals surface area contributed by atoms with Gasteiger partial charge in [-0.15, -0.1) is 0 Å². The van der Waals surface area contributed by atoms with Gasteiger partial charge in [-0.25, -0.2) is 0 Å². The van der Waals surface area contributed by atoms with Gasteiger partial charge in [0.2, 0.25) is 0 Å². The number of aliphatic hydroxyl groups is 1. The SMILES string of the molecule is CC1CCC(Oc2cncc(C#CCCO)c2)CC1C. The highest BCUT2D eigenvalue weighted by Gasteiger charge is 2.25. The van der Waals surface area contributed by atoms with E-state index in [0.717, 1.165) is 30.1 Å². The Kier molecular flexibility index (Phi) is 5.43. The van der Waals surface area contributed by atoms with E-state index in [1.165, 1.54) is 6.42 Å². The number of rotatable bonds is 3. The minimum Gasteiger partial charge on any atom is -0.489 e. The van der Waals surface area contributed by atoms with Crippen molar-refractivity contribution in [2.45, 2.75) is 45.6 Å². The van der Waals surface area contributed by atoms with Crippen molar-refractivity contribution in [2.75, 3.05) is 6.61 Å². The van der Waals surface area contributed by atoms with Crippen molar-refractivity contribution in [1.29, 1.82) is 0 Å². The summed E-state index contributed by atoms with van der Waals surface area (Å²) >= 11 is 0.